The molecule has 0 unspecified atom stereocenters. The Balaban J connectivity index is 1.75. The molecule has 1 spiro atoms. The van der Waals surface area contributed by atoms with Crippen molar-refractivity contribution in [1.82, 2.24) is 4.90 Å². The molecule has 1 aromatic carbocycles. The van der Waals surface area contributed by atoms with E-state index in [-0.39, 0.29) is 18.1 Å². The Labute approximate surface area is 138 Å². The highest BCUT2D eigenvalue weighted by Crippen LogP contribution is 2.47. The number of carbonyl (C=O) groups excluding carboxylic acids is 1. The van der Waals surface area contributed by atoms with Crippen LogP contribution in [0.15, 0.2) is 18.2 Å². The molecule has 0 aromatic heterocycles. The Bertz CT molecular complexity index is 595. The average Bonchev–Trinajstić information content (AvgIpc) is 2.85. The van der Waals surface area contributed by atoms with Gasteiger partial charge < -0.3 is 14.7 Å². The van der Waals surface area contributed by atoms with E-state index in [2.05, 4.69) is 6.07 Å². The van der Waals surface area contributed by atoms with Crippen LogP contribution in [0.5, 0.6) is 0 Å². The van der Waals surface area contributed by atoms with Crippen LogP contribution in [0.25, 0.3) is 0 Å². The molecule has 1 aliphatic heterocycles. The molecule has 1 aromatic rings. The van der Waals surface area contributed by atoms with Crippen molar-refractivity contribution in [1.29, 1.82) is 0 Å². The second-order valence-electron chi connectivity index (χ2n) is 7.86. The van der Waals surface area contributed by atoms with Crippen molar-refractivity contribution in [2.45, 2.75) is 64.1 Å². The molecular formula is C19H27NO3. The molecule has 2 aliphatic rings. The second-order valence-corrected chi connectivity index (χ2v) is 7.86. The maximum absolute atomic E-state index is 12.2. The number of piperidine rings is 1. The third-order valence-corrected chi connectivity index (χ3v) is 5.18. The number of nitrogens with zero attached hydrogens (tertiary/aromatic N) is 1. The van der Waals surface area contributed by atoms with Gasteiger partial charge in [-0.25, -0.2) is 4.79 Å². The van der Waals surface area contributed by atoms with Gasteiger partial charge in [-0.2, -0.15) is 0 Å². The van der Waals surface area contributed by atoms with Crippen molar-refractivity contribution >= 4 is 6.09 Å². The van der Waals surface area contributed by atoms with E-state index in [1.165, 1.54) is 11.1 Å². The van der Waals surface area contributed by atoms with E-state index in [1.807, 2.05) is 37.8 Å². The van der Waals surface area contributed by atoms with Crippen LogP contribution in [0.4, 0.5) is 4.79 Å². The Morgan fingerprint density at radius 1 is 1.26 bits per heavy atom. The van der Waals surface area contributed by atoms with Gasteiger partial charge in [-0.3, -0.25) is 0 Å². The number of hydrogen-bond donors (Lipinski definition) is 1. The molecule has 0 radical (unpaired) electrons. The molecule has 1 heterocycles. The van der Waals surface area contributed by atoms with Crippen LogP contribution in [0, 0.1) is 0 Å². The highest BCUT2D eigenvalue weighted by molar-refractivity contribution is 5.68. The smallest absolute Gasteiger partial charge is 0.410 e. The van der Waals surface area contributed by atoms with E-state index in [1.54, 1.807) is 0 Å². The lowest BCUT2D eigenvalue weighted by atomic mass is 9.72. The van der Waals surface area contributed by atoms with Crippen molar-refractivity contribution in [3.05, 3.63) is 34.9 Å². The molecule has 4 heteroatoms. The summed E-state index contributed by atoms with van der Waals surface area (Å²) in [4.78, 5) is 14.1. The molecule has 4 nitrogen and oxygen atoms in total. The molecule has 0 saturated carbocycles. The first kappa shape index (κ1) is 16.3. The van der Waals surface area contributed by atoms with Crippen LogP contribution in [-0.2, 0) is 23.2 Å². The summed E-state index contributed by atoms with van der Waals surface area (Å²) in [5.74, 6) is 0. The maximum Gasteiger partial charge on any atom is 0.410 e. The van der Waals surface area contributed by atoms with Crippen molar-refractivity contribution in [2.75, 3.05) is 13.1 Å². The number of amides is 1. The van der Waals surface area contributed by atoms with Gasteiger partial charge in [-0.1, -0.05) is 18.2 Å². The zero-order valence-electron chi connectivity index (χ0n) is 14.4. The lowest BCUT2D eigenvalue weighted by Gasteiger charge is -2.41. The Kier molecular flexibility index (Phi) is 4.13. The van der Waals surface area contributed by atoms with E-state index in [9.17, 15) is 9.90 Å². The van der Waals surface area contributed by atoms with Crippen LogP contribution in [0.1, 0.15) is 56.7 Å². The Morgan fingerprint density at radius 3 is 2.57 bits per heavy atom. The Hall–Kier alpha value is -1.55. The first-order valence-electron chi connectivity index (χ1n) is 8.55. The highest BCUT2D eigenvalue weighted by atomic mass is 16.6. The summed E-state index contributed by atoms with van der Waals surface area (Å²) < 4.78 is 5.49. The number of hydrogen-bond acceptors (Lipinski definition) is 3. The number of rotatable bonds is 1. The lowest BCUT2D eigenvalue weighted by molar-refractivity contribution is 0.0163. The number of aryl methyl sites for hydroxylation is 1. The third-order valence-electron chi connectivity index (χ3n) is 5.18. The van der Waals surface area contributed by atoms with E-state index < -0.39 is 5.60 Å². The van der Waals surface area contributed by atoms with Crippen molar-refractivity contribution in [2.24, 2.45) is 0 Å². The van der Waals surface area contributed by atoms with Crippen molar-refractivity contribution in [3.8, 4) is 0 Å². The fraction of sp³-hybridized carbons (Fsp3) is 0.632. The largest absolute Gasteiger partial charge is 0.444 e. The number of benzene rings is 1. The molecule has 1 amide bonds. The number of likely N-dealkylation sites (tertiary alicyclic amines) is 1. The zero-order chi connectivity index (χ0) is 16.7. The SMILES string of the molecule is CC(C)(C)OC(=O)N1CCC2(CCc3cccc(CO)c32)CC1. The molecule has 3 rings (SSSR count). The van der Waals surface area contributed by atoms with Crippen LogP contribution >= 0.6 is 0 Å². The predicted octanol–water partition coefficient (Wildman–Crippen LogP) is 3.39. The van der Waals surface area contributed by atoms with Crippen molar-refractivity contribution < 1.29 is 14.6 Å². The quantitative estimate of drug-likeness (QED) is 0.863. The second kappa shape index (κ2) is 5.82. The monoisotopic (exact) mass is 317 g/mol. The van der Waals surface area contributed by atoms with E-state index in [0.717, 1.165) is 44.3 Å². The van der Waals surface area contributed by atoms with Crippen LogP contribution in [0.2, 0.25) is 0 Å². The molecule has 1 N–H and O–H groups in total. The van der Waals surface area contributed by atoms with Crippen molar-refractivity contribution in [3.63, 3.8) is 0 Å². The summed E-state index contributed by atoms with van der Waals surface area (Å²) in [6.45, 7) is 7.26. The van der Waals surface area contributed by atoms with Gasteiger partial charge in [-0.15, -0.1) is 0 Å². The third kappa shape index (κ3) is 3.09. The molecule has 0 atom stereocenters. The fourth-order valence-corrected chi connectivity index (χ4v) is 4.12. The number of fused-ring (bicyclic) bond motifs is 2. The number of ether oxygens (including phenoxy) is 1. The molecule has 1 aliphatic carbocycles. The van der Waals surface area contributed by atoms with Gasteiger partial charge in [0, 0.05) is 13.1 Å². The van der Waals surface area contributed by atoms with Gasteiger partial charge in [0.1, 0.15) is 5.60 Å². The summed E-state index contributed by atoms with van der Waals surface area (Å²) in [5.41, 5.74) is 3.47. The predicted molar refractivity (Wildman–Crippen MR) is 89.4 cm³/mol. The fourth-order valence-electron chi connectivity index (χ4n) is 4.12. The number of aliphatic hydroxyl groups is 1. The normalized spacial score (nSPS) is 19.7. The summed E-state index contributed by atoms with van der Waals surface area (Å²) >= 11 is 0. The van der Waals surface area contributed by atoms with Gasteiger partial charge in [-0.05, 0) is 68.6 Å². The van der Waals surface area contributed by atoms with E-state index in [4.69, 9.17) is 4.74 Å². The molecule has 1 fully saturated rings. The molecule has 1 saturated heterocycles. The van der Waals surface area contributed by atoms with Gasteiger partial charge in [0.15, 0.2) is 0 Å². The minimum absolute atomic E-state index is 0.0979. The maximum atomic E-state index is 12.2. The lowest BCUT2D eigenvalue weighted by Crippen LogP contribution is -2.46. The first-order chi connectivity index (χ1) is 10.8. The molecule has 126 valence electrons. The highest BCUT2D eigenvalue weighted by Gasteiger charge is 2.43. The topological polar surface area (TPSA) is 49.8 Å². The zero-order valence-corrected chi connectivity index (χ0v) is 14.4. The van der Waals surface area contributed by atoms with Crippen LogP contribution in [-0.4, -0.2) is 34.8 Å². The Morgan fingerprint density at radius 2 is 1.96 bits per heavy atom. The molecule has 23 heavy (non-hydrogen) atoms. The van der Waals surface area contributed by atoms with Gasteiger partial charge in [0.25, 0.3) is 0 Å². The van der Waals surface area contributed by atoms with E-state index in [0.29, 0.717) is 0 Å². The summed E-state index contributed by atoms with van der Waals surface area (Å²) in [6, 6.07) is 6.26. The van der Waals surface area contributed by atoms with Gasteiger partial charge in [0.05, 0.1) is 6.61 Å². The van der Waals surface area contributed by atoms with Crippen LogP contribution in [0.3, 0.4) is 0 Å². The summed E-state index contributed by atoms with van der Waals surface area (Å²) in [6.07, 6.45) is 3.91. The first-order valence-corrected chi connectivity index (χ1v) is 8.55. The summed E-state index contributed by atoms with van der Waals surface area (Å²) in [7, 11) is 0. The number of carbonyl (C=O) groups is 1. The average molecular weight is 317 g/mol. The van der Waals surface area contributed by atoms with Crippen LogP contribution < -0.4 is 0 Å². The minimum atomic E-state index is -0.448. The molecular weight excluding hydrogens is 290 g/mol. The van der Waals surface area contributed by atoms with Gasteiger partial charge in [0.2, 0.25) is 0 Å². The minimum Gasteiger partial charge on any atom is -0.444 e. The summed E-state index contributed by atoms with van der Waals surface area (Å²) in [5, 5.41) is 9.70. The van der Waals surface area contributed by atoms with Gasteiger partial charge >= 0.3 is 6.09 Å². The van der Waals surface area contributed by atoms with E-state index >= 15 is 0 Å². The standard InChI is InChI=1S/C19H27NO3/c1-18(2,3)23-17(22)20-11-9-19(10-12-20)8-7-14-5-4-6-15(13-21)16(14)19/h4-6,21H,7-13H2,1-3H3. The number of aliphatic hydroxyl groups excluding tert-OH is 1. The molecule has 0 bridgehead atoms.